The highest BCUT2D eigenvalue weighted by Crippen LogP contribution is 2.56. The Hall–Kier alpha value is -1.36. The molecule has 5 heteroatoms. The highest BCUT2D eigenvalue weighted by atomic mass is 16.5. The maximum absolute atomic E-state index is 12.4. The van der Waals surface area contributed by atoms with Crippen molar-refractivity contribution in [3.63, 3.8) is 0 Å². The number of hydrogen-bond acceptors (Lipinski definition) is 4. The van der Waals surface area contributed by atoms with Crippen LogP contribution in [-0.4, -0.2) is 39.8 Å². The summed E-state index contributed by atoms with van der Waals surface area (Å²) in [4.78, 5) is 14.4. The van der Waals surface area contributed by atoms with Gasteiger partial charge in [-0.1, -0.05) is 5.16 Å². The highest BCUT2D eigenvalue weighted by molar-refractivity contribution is 5.79. The lowest BCUT2D eigenvalue weighted by molar-refractivity contribution is -0.180. The molecule has 5 nitrogen and oxygen atoms in total. The Morgan fingerprint density at radius 2 is 1.95 bits per heavy atom. The average Bonchev–Trinajstić information content (AvgIpc) is 2.78. The van der Waals surface area contributed by atoms with Crippen LogP contribution in [0.3, 0.4) is 0 Å². The predicted molar refractivity (Wildman–Crippen MR) is 77.8 cm³/mol. The standard InChI is InChI=1S/C16H24N2O3/c1-11-13(12(2)21-17-11)10-14(19)18-8-6-16(7-9-18)5-4-15(16,3)20/h20H,4-10H2,1-3H3. The molecule has 1 aliphatic heterocycles. The van der Waals surface area contributed by atoms with Crippen LogP contribution in [0, 0.1) is 19.3 Å². The van der Waals surface area contributed by atoms with Crippen molar-refractivity contribution in [2.24, 2.45) is 5.41 Å². The predicted octanol–water partition coefficient (Wildman–Crippen LogP) is 1.99. The van der Waals surface area contributed by atoms with Gasteiger partial charge < -0.3 is 14.5 Å². The first-order valence-electron chi connectivity index (χ1n) is 7.77. The lowest BCUT2D eigenvalue weighted by Gasteiger charge is -2.58. The van der Waals surface area contributed by atoms with Crippen molar-refractivity contribution < 1.29 is 14.4 Å². The Kier molecular flexibility index (Phi) is 3.35. The second-order valence-corrected chi connectivity index (χ2v) is 6.91. The van der Waals surface area contributed by atoms with E-state index in [9.17, 15) is 9.90 Å². The average molecular weight is 292 g/mol. The van der Waals surface area contributed by atoms with Gasteiger partial charge in [0.2, 0.25) is 5.91 Å². The third kappa shape index (κ3) is 2.27. The van der Waals surface area contributed by atoms with E-state index in [4.69, 9.17) is 4.52 Å². The summed E-state index contributed by atoms with van der Waals surface area (Å²) in [6.45, 7) is 7.16. The van der Waals surface area contributed by atoms with Crippen LogP contribution >= 0.6 is 0 Å². The number of hydrogen-bond donors (Lipinski definition) is 1. The van der Waals surface area contributed by atoms with E-state index >= 15 is 0 Å². The molecule has 0 aromatic carbocycles. The lowest BCUT2D eigenvalue weighted by atomic mass is 9.53. The van der Waals surface area contributed by atoms with Crippen molar-refractivity contribution in [2.75, 3.05) is 13.1 Å². The summed E-state index contributed by atoms with van der Waals surface area (Å²) in [5.41, 5.74) is 1.23. The topological polar surface area (TPSA) is 66.6 Å². The van der Waals surface area contributed by atoms with Crippen LogP contribution in [0.1, 0.15) is 49.6 Å². The Bertz CT molecular complexity index is 534. The number of piperidine rings is 1. The first-order chi connectivity index (χ1) is 9.85. The maximum atomic E-state index is 12.4. The van der Waals surface area contributed by atoms with Crippen LogP contribution in [0.2, 0.25) is 0 Å². The first kappa shape index (κ1) is 14.6. The Morgan fingerprint density at radius 1 is 1.29 bits per heavy atom. The van der Waals surface area contributed by atoms with Crippen molar-refractivity contribution in [1.82, 2.24) is 10.1 Å². The van der Waals surface area contributed by atoms with Crippen molar-refractivity contribution in [3.05, 3.63) is 17.0 Å². The third-order valence-electron chi connectivity index (χ3n) is 5.82. The molecule has 2 heterocycles. The summed E-state index contributed by atoms with van der Waals surface area (Å²) in [6.07, 6.45) is 4.16. The van der Waals surface area contributed by atoms with Crippen LogP contribution in [-0.2, 0) is 11.2 Å². The maximum Gasteiger partial charge on any atom is 0.227 e. The molecule has 1 aromatic heterocycles. The molecular formula is C16H24N2O3. The van der Waals surface area contributed by atoms with Gasteiger partial charge in [-0.25, -0.2) is 0 Å². The molecule has 1 N–H and O–H groups in total. The molecule has 2 aliphatic rings. The molecule has 1 aliphatic carbocycles. The van der Waals surface area contributed by atoms with Crippen LogP contribution in [0.25, 0.3) is 0 Å². The number of carbonyl (C=O) groups excluding carboxylic acids is 1. The van der Waals surface area contributed by atoms with Crippen molar-refractivity contribution in [1.29, 1.82) is 0 Å². The van der Waals surface area contributed by atoms with Gasteiger partial charge in [-0.15, -0.1) is 0 Å². The molecule has 1 saturated heterocycles. The van der Waals surface area contributed by atoms with Gasteiger partial charge in [-0.2, -0.15) is 0 Å². The summed E-state index contributed by atoms with van der Waals surface area (Å²) in [5, 5.41) is 14.3. The monoisotopic (exact) mass is 292 g/mol. The van der Waals surface area contributed by atoms with Gasteiger partial charge in [0.05, 0.1) is 17.7 Å². The zero-order valence-electron chi connectivity index (χ0n) is 13.1. The fraction of sp³-hybridized carbons (Fsp3) is 0.750. The van der Waals surface area contributed by atoms with E-state index in [-0.39, 0.29) is 11.3 Å². The van der Waals surface area contributed by atoms with E-state index in [0.29, 0.717) is 6.42 Å². The van der Waals surface area contributed by atoms with E-state index in [1.807, 2.05) is 25.7 Å². The molecule has 1 aromatic rings. The molecule has 116 valence electrons. The van der Waals surface area contributed by atoms with E-state index in [1.54, 1.807) is 0 Å². The van der Waals surface area contributed by atoms with Crippen LogP contribution in [0.4, 0.5) is 0 Å². The lowest BCUT2D eigenvalue weighted by Crippen LogP contribution is -2.60. The Labute approximate surface area is 125 Å². The minimum Gasteiger partial charge on any atom is -0.390 e. The summed E-state index contributed by atoms with van der Waals surface area (Å²) >= 11 is 0. The number of aryl methyl sites for hydroxylation is 2. The summed E-state index contributed by atoms with van der Waals surface area (Å²) < 4.78 is 5.12. The number of carbonyl (C=O) groups is 1. The van der Waals surface area contributed by atoms with Crippen LogP contribution in [0.5, 0.6) is 0 Å². The molecule has 0 radical (unpaired) electrons. The molecule has 1 unspecified atom stereocenters. The number of amides is 1. The Morgan fingerprint density at radius 3 is 2.38 bits per heavy atom. The molecule has 21 heavy (non-hydrogen) atoms. The van der Waals surface area contributed by atoms with Gasteiger partial charge in [-0.05, 0) is 46.5 Å². The van der Waals surface area contributed by atoms with Gasteiger partial charge in [0, 0.05) is 24.1 Å². The van der Waals surface area contributed by atoms with E-state index in [0.717, 1.165) is 55.8 Å². The number of likely N-dealkylation sites (tertiary alicyclic amines) is 1. The summed E-state index contributed by atoms with van der Waals surface area (Å²) in [5.74, 6) is 0.870. The molecule has 1 amide bonds. The van der Waals surface area contributed by atoms with Gasteiger partial charge in [0.25, 0.3) is 0 Å². The molecule has 1 saturated carbocycles. The van der Waals surface area contributed by atoms with Crippen molar-refractivity contribution >= 4 is 5.91 Å². The molecule has 0 bridgehead atoms. The fourth-order valence-electron chi connectivity index (χ4n) is 3.83. The Balaban J connectivity index is 1.61. The number of aliphatic hydroxyl groups is 1. The molecule has 2 fully saturated rings. The largest absolute Gasteiger partial charge is 0.390 e. The van der Waals surface area contributed by atoms with Gasteiger partial charge in [-0.3, -0.25) is 4.79 Å². The number of nitrogens with zero attached hydrogens (tertiary/aromatic N) is 2. The molecule has 3 rings (SSSR count). The van der Waals surface area contributed by atoms with E-state index < -0.39 is 5.60 Å². The number of aromatic nitrogens is 1. The second-order valence-electron chi connectivity index (χ2n) is 6.91. The highest BCUT2D eigenvalue weighted by Gasteiger charge is 2.55. The fourth-order valence-corrected chi connectivity index (χ4v) is 3.83. The zero-order chi connectivity index (χ0) is 15.3. The molecular weight excluding hydrogens is 268 g/mol. The normalized spacial score (nSPS) is 27.7. The van der Waals surface area contributed by atoms with E-state index in [2.05, 4.69) is 5.16 Å². The minimum atomic E-state index is -0.538. The third-order valence-corrected chi connectivity index (χ3v) is 5.82. The van der Waals surface area contributed by atoms with Crippen LogP contribution in [0.15, 0.2) is 4.52 Å². The van der Waals surface area contributed by atoms with E-state index in [1.165, 1.54) is 0 Å². The number of rotatable bonds is 2. The molecule has 1 spiro atoms. The molecule has 1 atom stereocenters. The first-order valence-corrected chi connectivity index (χ1v) is 7.77. The zero-order valence-corrected chi connectivity index (χ0v) is 13.1. The van der Waals surface area contributed by atoms with Crippen LogP contribution < -0.4 is 0 Å². The van der Waals surface area contributed by atoms with Gasteiger partial charge in [0.1, 0.15) is 5.76 Å². The minimum absolute atomic E-state index is 0.0484. The van der Waals surface area contributed by atoms with Crippen molar-refractivity contribution in [2.45, 2.75) is 58.5 Å². The van der Waals surface area contributed by atoms with Gasteiger partial charge in [0.15, 0.2) is 0 Å². The quantitative estimate of drug-likeness (QED) is 0.905. The SMILES string of the molecule is Cc1noc(C)c1CC(=O)N1CCC2(CC1)CCC2(C)O. The van der Waals surface area contributed by atoms with Crippen molar-refractivity contribution in [3.8, 4) is 0 Å². The smallest absolute Gasteiger partial charge is 0.227 e. The van der Waals surface area contributed by atoms with Gasteiger partial charge >= 0.3 is 0 Å². The second kappa shape index (κ2) is 4.83. The summed E-state index contributed by atoms with van der Waals surface area (Å²) in [7, 11) is 0. The summed E-state index contributed by atoms with van der Waals surface area (Å²) in [6, 6.07) is 0.